The minimum atomic E-state index is -3.08. The molecule has 1 fully saturated rings. The van der Waals surface area contributed by atoms with Crippen molar-refractivity contribution in [1.29, 1.82) is 0 Å². The molecule has 0 amide bonds. The number of hydrogen-bond donors (Lipinski definition) is 0. The summed E-state index contributed by atoms with van der Waals surface area (Å²) in [6.07, 6.45) is 19.6. The second-order valence-corrected chi connectivity index (χ2v) is 12.3. The van der Waals surface area contributed by atoms with Crippen LogP contribution in [0.1, 0.15) is 43.4 Å². The highest BCUT2D eigenvalue weighted by molar-refractivity contribution is 5.90. The Bertz CT molecular complexity index is 1760. The van der Waals surface area contributed by atoms with Crippen molar-refractivity contribution in [2.24, 2.45) is 17.3 Å². The zero-order valence-corrected chi connectivity index (χ0v) is 22.7. The Morgan fingerprint density at radius 1 is 0.976 bits per heavy atom. The molecule has 0 saturated heterocycles. The van der Waals surface area contributed by atoms with Crippen molar-refractivity contribution in [3.8, 4) is 0 Å². The Morgan fingerprint density at radius 2 is 1.80 bits per heavy atom. The van der Waals surface area contributed by atoms with Crippen LogP contribution >= 0.6 is 0 Å². The first-order valence-corrected chi connectivity index (χ1v) is 14.6. The molecule has 41 heavy (non-hydrogen) atoms. The fraction of sp³-hybridized carbons (Fsp3) is 0.314. The number of halogens is 4. The van der Waals surface area contributed by atoms with E-state index in [2.05, 4.69) is 23.6 Å². The van der Waals surface area contributed by atoms with Crippen molar-refractivity contribution in [2.75, 3.05) is 0 Å². The van der Waals surface area contributed by atoms with Gasteiger partial charge in [-0.3, -0.25) is 0 Å². The van der Waals surface area contributed by atoms with Gasteiger partial charge in [-0.25, -0.2) is 17.6 Å². The van der Waals surface area contributed by atoms with Crippen LogP contribution < -0.4 is 0 Å². The van der Waals surface area contributed by atoms with Gasteiger partial charge in [0.1, 0.15) is 12.0 Å². The maximum Gasteiger partial charge on any atom is 0.284 e. The van der Waals surface area contributed by atoms with Crippen LogP contribution in [0.3, 0.4) is 0 Å². The summed E-state index contributed by atoms with van der Waals surface area (Å²) >= 11 is 0. The van der Waals surface area contributed by atoms with Crippen LogP contribution in [0.15, 0.2) is 113 Å². The molecular formula is C35H28F4N2. The zero-order chi connectivity index (χ0) is 28.1. The lowest BCUT2D eigenvalue weighted by Gasteiger charge is -2.56. The number of alkyl halides is 3. The van der Waals surface area contributed by atoms with Gasteiger partial charge in [-0.2, -0.15) is 0 Å². The molecule has 6 heteroatoms. The summed E-state index contributed by atoms with van der Waals surface area (Å²) in [5.41, 5.74) is 4.48. The molecule has 5 unspecified atom stereocenters. The largest absolute Gasteiger partial charge is 0.342 e. The van der Waals surface area contributed by atoms with Gasteiger partial charge in [0.05, 0.1) is 23.2 Å². The Labute approximate surface area is 236 Å². The van der Waals surface area contributed by atoms with Crippen molar-refractivity contribution < 1.29 is 17.6 Å². The van der Waals surface area contributed by atoms with E-state index in [9.17, 15) is 0 Å². The SMILES string of the molecule is CCC1(CC)N2C=CC=CC2=C2C(=CC(F)=CC2F)C12C1C3=CC=CC4C3=C3c5c(cccc5C4(F)F)C=CN3C12. The second kappa shape index (κ2) is 7.33. The van der Waals surface area contributed by atoms with E-state index in [-0.39, 0.29) is 17.5 Å². The fourth-order valence-electron chi connectivity index (χ4n) is 9.76. The third-order valence-corrected chi connectivity index (χ3v) is 11.1. The van der Waals surface area contributed by atoms with Gasteiger partial charge >= 0.3 is 0 Å². The van der Waals surface area contributed by atoms with Crippen LogP contribution in [0, 0.1) is 17.3 Å². The second-order valence-electron chi connectivity index (χ2n) is 12.3. The van der Waals surface area contributed by atoms with Crippen LogP contribution in [-0.2, 0) is 5.92 Å². The van der Waals surface area contributed by atoms with Crippen molar-refractivity contribution in [1.82, 2.24) is 9.80 Å². The van der Waals surface area contributed by atoms with Gasteiger partial charge in [-0.15, -0.1) is 0 Å². The Balaban J connectivity index is 1.38. The summed E-state index contributed by atoms with van der Waals surface area (Å²) in [6.45, 7) is 4.29. The standard InChI is InChI=1S/C35H28F4N2/c1-3-33(4-2)34(24-17-20(36)18-25(37)29(24)26-13-5-6-15-41(26)33)30-21-10-8-12-23-28(21)31-27-19(14-16-40(31)32(30)34)9-7-11-22(27)35(23,38)39/h5-18,23,25,30,32H,3-4H2,1-2H3. The zero-order valence-electron chi connectivity index (χ0n) is 22.7. The van der Waals surface area contributed by atoms with Crippen LogP contribution in [0.5, 0.6) is 0 Å². The van der Waals surface area contributed by atoms with E-state index in [1.54, 1.807) is 24.3 Å². The van der Waals surface area contributed by atoms with Gasteiger partial charge in [0, 0.05) is 46.1 Å². The average molecular weight is 553 g/mol. The molecule has 9 rings (SSSR count). The van der Waals surface area contributed by atoms with Gasteiger partial charge in [-0.1, -0.05) is 56.4 Å². The molecule has 1 saturated carbocycles. The van der Waals surface area contributed by atoms with Crippen molar-refractivity contribution >= 4 is 11.8 Å². The Kier molecular flexibility index (Phi) is 4.27. The smallest absolute Gasteiger partial charge is 0.284 e. The predicted octanol–water partition coefficient (Wildman–Crippen LogP) is 8.24. The minimum Gasteiger partial charge on any atom is -0.342 e. The highest BCUT2D eigenvalue weighted by atomic mass is 19.3. The first kappa shape index (κ1) is 23.9. The molecule has 2 nitrogen and oxygen atoms in total. The first-order chi connectivity index (χ1) is 19.8. The molecule has 0 radical (unpaired) electrons. The molecule has 4 heterocycles. The average Bonchev–Trinajstić information content (AvgIpc) is 3.67. The monoisotopic (exact) mass is 552 g/mol. The number of benzene rings is 1. The topological polar surface area (TPSA) is 6.48 Å². The van der Waals surface area contributed by atoms with E-state index in [1.807, 2.05) is 48.8 Å². The summed E-state index contributed by atoms with van der Waals surface area (Å²) in [5, 5.41) is 0. The molecular weight excluding hydrogens is 524 g/mol. The van der Waals surface area contributed by atoms with E-state index in [4.69, 9.17) is 0 Å². The van der Waals surface area contributed by atoms with Gasteiger partial charge < -0.3 is 9.80 Å². The highest BCUT2D eigenvalue weighted by Crippen LogP contribution is 2.80. The van der Waals surface area contributed by atoms with Crippen LogP contribution in [0.25, 0.3) is 11.8 Å². The van der Waals surface area contributed by atoms with E-state index in [1.165, 1.54) is 6.08 Å². The molecule has 4 aliphatic heterocycles. The van der Waals surface area contributed by atoms with Crippen molar-refractivity contribution in [3.05, 3.63) is 130 Å². The van der Waals surface area contributed by atoms with Crippen LogP contribution in [0.4, 0.5) is 17.6 Å². The summed E-state index contributed by atoms with van der Waals surface area (Å²) in [7, 11) is 0. The maximum atomic E-state index is 16.3. The summed E-state index contributed by atoms with van der Waals surface area (Å²) in [4.78, 5) is 4.42. The number of rotatable bonds is 2. The lowest BCUT2D eigenvalue weighted by Crippen LogP contribution is -2.59. The van der Waals surface area contributed by atoms with Crippen LogP contribution in [-0.4, -0.2) is 27.6 Å². The Morgan fingerprint density at radius 3 is 2.61 bits per heavy atom. The van der Waals surface area contributed by atoms with Gasteiger partial charge in [0.15, 0.2) is 0 Å². The van der Waals surface area contributed by atoms with E-state index in [0.717, 1.165) is 41.4 Å². The van der Waals surface area contributed by atoms with Gasteiger partial charge in [0.25, 0.3) is 5.92 Å². The summed E-state index contributed by atoms with van der Waals surface area (Å²) in [5.74, 6) is -4.96. The van der Waals surface area contributed by atoms with Crippen LogP contribution in [0.2, 0.25) is 0 Å². The van der Waals surface area contributed by atoms with Gasteiger partial charge in [0.2, 0.25) is 0 Å². The molecule has 1 aromatic rings. The number of fused-ring (bicyclic) bond motifs is 8. The van der Waals surface area contributed by atoms with Gasteiger partial charge in [-0.05, 0) is 65.5 Å². The van der Waals surface area contributed by atoms with E-state index >= 15 is 17.6 Å². The lowest BCUT2D eigenvalue weighted by atomic mass is 9.61. The van der Waals surface area contributed by atoms with E-state index in [0.29, 0.717) is 22.3 Å². The molecule has 8 aliphatic rings. The van der Waals surface area contributed by atoms with Crippen molar-refractivity contribution in [3.63, 3.8) is 0 Å². The molecule has 1 aromatic carbocycles. The minimum absolute atomic E-state index is 0.0506. The fourth-order valence-corrected chi connectivity index (χ4v) is 9.76. The molecule has 0 N–H and O–H groups in total. The van der Waals surface area contributed by atoms with E-state index < -0.39 is 34.8 Å². The third-order valence-electron chi connectivity index (χ3n) is 11.1. The summed E-state index contributed by atoms with van der Waals surface area (Å²) < 4.78 is 63.9. The molecule has 4 aliphatic carbocycles. The molecule has 0 bridgehead atoms. The third kappa shape index (κ3) is 2.39. The lowest BCUT2D eigenvalue weighted by molar-refractivity contribution is -0.0372. The first-order valence-electron chi connectivity index (χ1n) is 14.6. The number of hydrogen-bond acceptors (Lipinski definition) is 2. The molecule has 1 spiro atoms. The summed E-state index contributed by atoms with van der Waals surface area (Å²) in [6, 6.07) is 4.98. The molecule has 0 aromatic heterocycles. The normalized spacial score (nSPS) is 35.0. The van der Waals surface area contributed by atoms with Crippen molar-refractivity contribution in [2.45, 2.75) is 50.4 Å². The number of allylic oxidation sites excluding steroid dienone is 11. The molecule has 5 atom stereocenters. The molecule has 206 valence electrons. The highest BCUT2D eigenvalue weighted by Gasteiger charge is 2.82. The maximum absolute atomic E-state index is 16.3. The number of nitrogens with zero attached hydrogens (tertiary/aromatic N) is 2. The Hall–Kier alpha value is -3.80. The quantitative estimate of drug-likeness (QED) is 0.341. The predicted molar refractivity (Wildman–Crippen MR) is 151 cm³/mol.